The molecule has 2 fully saturated rings. The first-order chi connectivity index (χ1) is 14.5. The first kappa shape index (κ1) is 19.3. The molecule has 4 heterocycles. The third-order valence-electron chi connectivity index (χ3n) is 6.89. The Balaban J connectivity index is 1.48. The van der Waals surface area contributed by atoms with Crippen molar-refractivity contribution in [3.05, 3.63) is 47.4 Å². The van der Waals surface area contributed by atoms with Gasteiger partial charge in [0, 0.05) is 44.2 Å². The summed E-state index contributed by atoms with van der Waals surface area (Å²) in [6.45, 7) is 5.21. The molecular weight excluding hydrogens is 376 g/mol. The largest absolute Gasteiger partial charge is 0.330 e. The minimum atomic E-state index is -0.0279. The fraction of sp³-hybridized carbons (Fsp3) is 0.565. The molecule has 0 bridgehead atoms. The number of amides is 1. The van der Waals surface area contributed by atoms with Gasteiger partial charge < -0.3 is 9.47 Å². The van der Waals surface area contributed by atoms with Crippen LogP contribution in [0.25, 0.3) is 5.65 Å². The molecular formula is C23H30N6O. The maximum Gasteiger partial charge on any atom is 0.290 e. The van der Waals surface area contributed by atoms with E-state index in [-0.39, 0.29) is 11.9 Å². The quantitative estimate of drug-likeness (QED) is 0.658. The second-order valence-electron chi connectivity index (χ2n) is 9.17. The van der Waals surface area contributed by atoms with Crippen LogP contribution in [0.3, 0.4) is 0 Å². The summed E-state index contributed by atoms with van der Waals surface area (Å²) in [6, 6.07) is 2.05. The number of piperidine rings is 1. The standard InChI is InChI=1S/C23H30N6O/c1-15-7-8-17(12-15)21-16(2)14-29-20(25-21)13-18(26-29)19-6-4-5-10-28(19)23(30)22-24-9-11-27(22)3/h9,11,13-15,17,19H,4-8,10,12H2,1-3H3/t15-,17?,19-/m0/s1. The molecule has 1 amide bonds. The van der Waals surface area contributed by atoms with Gasteiger partial charge >= 0.3 is 0 Å². The van der Waals surface area contributed by atoms with E-state index in [0.717, 1.165) is 43.1 Å². The van der Waals surface area contributed by atoms with Gasteiger partial charge in [-0.2, -0.15) is 5.10 Å². The predicted octanol–water partition coefficient (Wildman–Crippen LogP) is 4.04. The topological polar surface area (TPSA) is 68.3 Å². The minimum Gasteiger partial charge on any atom is -0.330 e. The number of hydrogen-bond donors (Lipinski definition) is 0. The number of imidazole rings is 1. The Kier molecular flexibility index (Phi) is 4.83. The molecule has 0 aromatic carbocycles. The van der Waals surface area contributed by atoms with Gasteiger partial charge in [0.25, 0.3) is 5.91 Å². The third kappa shape index (κ3) is 3.30. The SMILES string of the molecule is Cc1cn2nc([C@@H]3CCCCN3C(=O)c3nccn3C)cc2nc1C1CC[C@H](C)C1. The molecule has 0 radical (unpaired) electrons. The maximum atomic E-state index is 13.2. The van der Waals surface area contributed by atoms with Gasteiger partial charge in [0.1, 0.15) is 0 Å². The lowest BCUT2D eigenvalue weighted by Gasteiger charge is -2.34. The fourth-order valence-electron chi connectivity index (χ4n) is 5.26. The highest BCUT2D eigenvalue weighted by atomic mass is 16.2. The highest BCUT2D eigenvalue weighted by molar-refractivity contribution is 5.91. The Hall–Kier alpha value is -2.70. The number of aromatic nitrogens is 5. The molecule has 0 spiro atoms. The van der Waals surface area contributed by atoms with Gasteiger partial charge in [-0.1, -0.05) is 13.3 Å². The second kappa shape index (κ2) is 7.52. The van der Waals surface area contributed by atoms with E-state index < -0.39 is 0 Å². The summed E-state index contributed by atoms with van der Waals surface area (Å²) in [5.41, 5.74) is 4.25. The number of hydrogen-bond acceptors (Lipinski definition) is 4. The van der Waals surface area contributed by atoms with Crippen LogP contribution in [-0.4, -0.2) is 41.5 Å². The van der Waals surface area contributed by atoms with Crippen LogP contribution in [0.15, 0.2) is 24.7 Å². The highest BCUT2D eigenvalue weighted by Crippen LogP contribution is 2.39. The van der Waals surface area contributed by atoms with Gasteiger partial charge in [-0.05, 0) is 50.5 Å². The molecule has 5 rings (SSSR count). The molecule has 3 atom stereocenters. The van der Waals surface area contributed by atoms with E-state index in [9.17, 15) is 4.79 Å². The van der Waals surface area contributed by atoms with Crippen molar-refractivity contribution >= 4 is 11.6 Å². The first-order valence-electron chi connectivity index (χ1n) is 11.2. The van der Waals surface area contributed by atoms with Crippen LogP contribution in [0.4, 0.5) is 0 Å². The van der Waals surface area contributed by atoms with Gasteiger partial charge in [0.15, 0.2) is 11.5 Å². The van der Waals surface area contributed by atoms with Crippen LogP contribution in [-0.2, 0) is 7.05 Å². The van der Waals surface area contributed by atoms with Crippen LogP contribution < -0.4 is 0 Å². The Labute approximate surface area is 177 Å². The van der Waals surface area contributed by atoms with E-state index in [0.29, 0.717) is 11.7 Å². The smallest absolute Gasteiger partial charge is 0.290 e. The van der Waals surface area contributed by atoms with E-state index in [1.807, 2.05) is 22.7 Å². The number of carbonyl (C=O) groups excluding carboxylic acids is 1. The lowest BCUT2D eigenvalue weighted by molar-refractivity contribution is 0.0589. The molecule has 30 heavy (non-hydrogen) atoms. The number of rotatable bonds is 3. The molecule has 1 aliphatic heterocycles. The highest BCUT2D eigenvalue weighted by Gasteiger charge is 2.32. The van der Waals surface area contributed by atoms with Gasteiger partial charge in [-0.25, -0.2) is 14.5 Å². The van der Waals surface area contributed by atoms with E-state index in [1.165, 1.54) is 30.5 Å². The molecule has 3 aromatic rings. The van der Waals surface area contributed by atoms with Gasteiger partial charge in [-0.15, -0.1) is 0 Å². The summed E-state index contributed by atoms with van der Waals surface area (Å²) in [5.74, 6) is 1.80. The molecule has 0 N–H and O–H groups in total. The zero-order chi connectivity index (χ0) is 20.8. The summed E-state index contributed by atoms with van der Waals surface area (Å²) < 4.78 is 3.68. The summed E-state index contributed by atoms with van der Waals surface area (Å²) in [4.78, 5) is 24.4. The Morgan fingerprint density at radius 1 is 1.20 bits per heavy atom. The number of carbonyl (C=O) groups is 1. The molecule has 7 heteroatoms. The first-order valence-corrected chi connectivity index (χ1v) is 11.2. The van der Waals surface area contributed by atoms with Crippen molar-refractivity contribution in [1.82, 2.24) is 29.0 Å². The van der Waals surface area contributed by atoms with Gasteiger partial charge in [-0.3, -0.25) is 4.79 Å². The maximum absolute atomic E-state index is 13.2. The fourth-order valence-corrected chi connectivity index (χ4v) is 5.26. The van der Waals surface area contributed by atoms with Crippen molar-refractivity contribution in [1.29, 1.82) is 0 Å². The van der Waals surface area contributed by atoms with Crippen LogP contribution in [0.2, 0.25) is 0 Å². The van der Waals surface area contributed by atoms with E-state index in [1.54, 1.807) is 10.8 Å². The summed E-state index contributed by atoms with van der Waals surface area (Å²) in [6.07, 6.45) is 12.4. The third-order valence-corrected chi connectivity index (χ3v) is 6.89. The molecule has 1 unspecified atom stereocenters. The number of aryl methyl sites for hydroxylation is 2. The van der Waals surface area contributed by atoms with Crippen molar-refractivity contribution in [2.24, 2.45) is 13.0 Å². The normalized spacial score (nSPS) is 24.6. The van der Waals surface area contributed by atoms with E-state index >= 15 is 0 Å². The molecule has 158 valence electrons. The molecule has 1 aliphatic carbocycles. The van der Waals surface area contributed by atoms with Crippen LogP contribution in [0, 0.1) is 12.8 Å². The molecule has 7 nitrogen and oxygen atoms in total. The molecule has 1 saturated heterocycles. The second-order valence-corrected chi connectivity index (χ2v) is 9.17. The molecule has 2 aliphatic rings. The number of likely N-dealkylation sites (tertiary alicyclic amines) is 1. The molecule has 1 saturated carbocycles. The van der Waals surface area contributed by atoms with Gasteiger partial charge in [0.2, 0.25) is 0 Å². The lowest BCUT2D eigenvalue weighted by atomic mass is 9.98. The zero-order valence-electron chi connectivity index (χ0n) is 18.1. The summed E-state index contributed by atoms with van der Waals surface area (Å²) >= 11 is 0. The van der Waals surface area contributed by atoms with Crippen molar-refractivity contribution in [3.63, 3.8) is 0 Å². The predicted molar refractivity (Wildman–Crippen MR) is 114 cm³/mol. The van der Waals surface area contributed by atoms with Crippen molar-refractivity contribution < 1.29 is 4.79 Å². The Morgan fingerprint density at radius 2 is 2.07 bits per heavy atom. The van der Waals surface area contributed by atoms with Crippen molar-refractivity contribution in [2.75, 3.05) is 6.54 Å². The minimum absolute atomic E-state index is 0.0194. The Morgan fingerprint density at radius 3 is 2.80 bits per heavy atom. The van der Waals surface area contributed by atoms with Gasteiger partial charge in [0.05, 0.1) is 17.4 Å². The van der Waals surface area contributed by atoms with Crippen LogP contribution in [0.1, 0.15) is 85.0 Å². The summed E-state index contributed by atoms with van der Waals surface area (Å²) in [7, 11) is 1.86. The van der Waals surface area contributed by atoms with Crippen LogP contribution >= 0.6 is 0 Å². The monoisotopic (exact) mass is 406 g/mol. The van der Waals surface area contributed by atoms with Crippen LogP contribution in [0.5, 0.6) is 0 Å². The van der Waals surface area contributed by atoms with Crippen molar-refractivity contribution in [2.45, 2.75) is 64.3 Å². The zero-order valence-corrected chi connectivity index (χ0v) is 18.1. The lowest BCUT2D eigenvalue weighted by Crippen LogP contribution is -2.39. The summed E-state index contributed by atoms with van der Waals surface area (Å²) in [5, 5.41) is 4.85. The number of nitrogens with zero attached hydrogens (tertiary/aromatic N) is 6. The van der Waals surface area contributed by atoms with E-state index in [4.69, 9.17) is 10.1 Å². The Bertz CT molecular complexity index is 1080. The number of fused-ring (bicyclic) bond motifs is 1. The average molecular weight is 407 g/mol. The average Bonchev–Trinajstić information content (AvgIpc) is 3.46. The van der Waals surface area contributed by atoms with E-state index in [2.05, 4.69) is 31.1 Å². The van der Waals surface area contributed by atoms with Crippen molar-refractivity contribution in [3.8, 4) is 0 Å². The molecule has 3 aromatic heterocycles.